The van der Waals surface area contributed by atoms with Crippen LogP contribution in [0.3, 0.4) is 0 Å². The molecule has 0 aliphatic heterocycles. The van der Waals surface area contributed by atoms with Gasteiger partial charge in [-0.3, -0.25) is 14.9 Å². The fraction of sp³-hybridized carbons (Fsp3) is 0.0625. The zero-order chi connectivity index (χ0) is 18.6. The van der Waals surface area contributed by atoms with Crippen LogP contribution in [-0.4, -0.2) is 10.8 Å². The van der Waals surface area contributed by atoms with E-state index >= 15 is 0 Å². The highest BCUT2D eigenvalue weighted by atomic mass is 19.4. The maximum atomic E-state index is 13.2. The molecule has 2 aromatic carbocycles. The molecule has 25 heavy (non-hydrogen) atoms. The number of halogens is 4. The van der Waals surface area contributed by atoms with Crippen LogP contribution in [0, 0.1) is 15.9 Å². The van der Waals surface area contributed by atoms with Gasteiger partial charge in [0, 0.05) is 17.8 Å². The minimum atomic E-state index is -4.90. The smallest absolute Gasteiger partial charge is 0.322 e. The highest BCUT2D eigenvalue weighted by Gasteiger charge is 2.34. The fourth-order valence-electron chi connectivity index (χ4n) is 1.96. The van der Waals surface area contributed by atoms with Gasteiger partial charge in [0.15, 0.2) is 0 Å². The number of hydrogen-bond acceptors (Lipinski definition) is 3. The van der Waals surface area contributed by atoms with Gasteiger partial charge in [-0.15, -0.1) is 0 Å². The summed E-state index contributed by atoms with van der Waals surface area (Å²) in [6, 6.07) is 7.65. The van der Waals surface area contributed by atoms with Crippen molar-refractivity contribution in [2.75, 3.05) is 5.32 Å². The van der Waals surface area contributed by atoms with Gasteiger partial charge in [0.25, 0.3) is 5.69 Å². The third-order valence-corrected chi connectivity index (χ3v) is 3.09. The van der Waals surface area contributed by atoms with E-state index < -0.39 is 28.4 Å². The van der Waals surface area contributed by atoms with E-state index in [2.05, 4.69) is 5.32 Å². The number of rotatable bonds is 4. The number of anilines is 1. The van der Waals surface area contributed by atoms with Crippen molar-refractivity contribution in [1.29, 1.82) is 0 Å². The number of nitro groups is 1. The molecule has 1 amide bonds. The first kappa shape index (κ1) is 18.1. The third-order valence-electron chi connectivity index (χ3n) is 3.09. The molecule has 5 nitrogen and oxygen atoms in total. The molecule has 0 aromatic heterocycles. The number of carbonyl (C=O) groups is 1. The Hall–Kier alpha value is -3.23. The van der Waals surface area contributed by atoms with Crippen LogP contribution in [0.4, 0.5) is 28.9 Å². The van der Waals surface area contributed by atoms with Crippen molar-refractivity contribution in [3.8, 4) is 0 Å². The van der Waals surface area contributed by atoms with Gasteiger partial charge in [-0.05, 0) is 30.3 Å². The van der Waals surface area contributed by atoms with Crippen LogP contribution in [0.25, 0.3) is 6.08 Å². The second kappa shape index (κ2) is 7.12. The molecule has 0 unspecified atom stereocenters. The molecule has 0 fully saturated rings. The lowest BCUT2D eigenvalue weighted by Gasteiger charge is -2.10. The Bertz CT molecular complexity index is 848. The lowest BCUT2D eigenvalue weighted by Crippen LogP contribution is -2.12. The van der Waals surface area contributed by atoms with Gasteiger partial charge >= 0.3 is 6.18 Å². The van der Waals surface area contributed by atoms with Crippen LogP contribution in [0.1, 0.15) is 11.1 Å². The number of para-hydroxylation sites is 1. The SMILES string of the molecule is O=C(/C=C/c1ccccc1[N+](=O)[O-])Nc1ccc(F)c(C(F)(F)F)c1. The molecule has 130 valence electrons. The zero-order valence-electron chi connectivity index (χ0n) is 12.4. The average Bonchev–Trinajstić information content (AvgIpc) is 2.54. The molecule has 9 heteroatoms. The van der Waals surface area contributed by atoms with E-state index in [-0.39, 0.29) is 16.9 Å². The summed E-state index contributed by atoms with van der Waals surface area (Å²) in [5.41, 5.74) is -1.84. The molecule has 0 bridgehead atoms. The van der Waals surface area contributed by atoms with Gasteiger partial charge in [-0.1, -0.05) is 12.1 Å². The second-order valence-corrected chi connectivity index (χ2v) is 4.83. The first-order valence-corrected chi connectivity index (χ1v) is 6.77. The summed E-state index contributed by atoms with van der Waals surface area (Å²) >= 11 is 0. The van der Waals surface area contributed by atoms with E-state index in [1.54, 1.807) is 0 Å². The van der Waals surface area contributed by atoms with Crippen molar-refractivity contribution in [2.24, 2.45) is 0 Å². The maximum Gasteiger partial charge on any atom is 0.419 e. The van der Waals surface area contributed by atoms with Crippen LogP contribution >= 0.6 is 0 Å². The molecule has 0 heterocycles. The number of nitrogens with one attached hydrogen (secondary N) is 1. The molecule has 2 aromatic rings. The van der Waals surface area contributed by atoms with E-state index in [0.717, 1.165) is 18.2 Å². The predicted molar refractivity (Wildman–Crippen MR) is 82.2 cm³/mol. The molecule has 0 atom stereocenters. The normalized spacial score (nSPS) is 11.5. The van der Waals surface area contributed by atoms with Crippen LogP contribution in [0.15, 0.2) is 48.5 Å². The van der Waals surface area contributed by atoms with Crippen LogP contribution < -0.4 is 5.32 Å². The van der Waals surface area contributed by atoms with Gasteiger partial charge < -0.3 is 5.32 Å². The van der Waals surface area contributed by atoms with E-state index in [4.69, 9.17) is 0 Å². The number of nitrogens with zero attached hydrogens (tertiary/aromatic N) is 1. The zero-order valence-corrected chi connectivity index (χ0v) is 12.4. The number of alkyl halides is 3. The topological polar surface area (TPSA) is 72.2 Å². The molecular formula is C16H10F4N2O3. The largest absolute Gasteiger partial charge is 0.419 e. The molecule has 0 saturated heterocycles. The number of carbonyl (C=O) groups excluding carboxylic acids is 1. The maximum absolute atomic E-state index is 13.2. The molecule has 2 rings (SSSR count). The van der Waals surface area contributed by atoms with Crippen LogP contribution in [-0.2, 0) is 11.0 Å². The molecule has 0 radical (unpaired) electrons. The summed E-state index contributed by atoms with van der Waals surface area (Å²) in [4.78, 5) is 22.0. The van der Waals surface area contributed by atoms with Crippen LogP contribution in [0.5, 0.6) is 0 Å². The number of amides is 1. The Labute approximate surface area is 138 Å². The summed E-state index contributed by atoms with van der Waals surface area (Å²) in [7, 11) is 0. The van der Waals surface area contributed by atoms with Crippen LogP contribution in [0.2, 0.25) is 0 Å². The predicted octanol–water partition coefficient (Wildman–Crippen LogP) is 4.40. The number of hydrogen-bond donors (Lipinski definition) is 1. The fourth-order valence-corrected chi connectivity index (χ4v) is 1.96. The lowest BCUT2D eigenvalue weighted by molar-refractivity contribution is -0.385. The standard InChI is InChI=1S/C16H10F4N2O3/c17-13-7-6-11(9-12(13)16(18,19)20)21-15(23)8-5-10-3-1-2-4-14(10)22(24)25/h1-9H,(H,21,23)/b8-5+. The van der Waals surface area contributed by atoms with Crippen molar-refractivity contribution in [3.05, 3.63) is 75.6 Å². The summed E-state index contributed by atoms with van der Waals surface area (Å²) in [6.45, 7) is 0. The van der Waals surface area contributed by atoms with Crippen molar-refractivity contribution >= 4 is 23.4 Å². The molecule has 1 N–H and O–H groups in total. The van der Waals surface area contributed by atoms with E-state index in [1.807, 2.05) is 0 Å². The molecular weight excluding hydrogens is 344 g/mol. The molecule has 0 spiro atoms. The second-order valence-electron chi connectivity index (χ2n) is 4.83. The Morgan fingerprint density at radius 3 is 2.48 bits per heavy atom. The van der Waals surface area contributed by atoms with Crippen molar-refractivity contribution in [3.63, 3.8) is 0 Å². The van der Waals surface area contributed by atoms with Gasteiger partial charge in [0.2, 0.25) is 5.91 Å². The number of benzene rings is 2. The monoisotopic (exact) mass is 354 g/mol. The van der Waals surface area contributed by atoms with Gasteiger partial charge in [-0.25, -0.2) is 4.39 Å². The van der Waals surface area contributed by atoms with Gasteiger partial charge in [0.1, 0.15) is 5.82 Å². The van der Waals surface area contributed by atoms with E-state index in [9.17, 15) is 32.5 Å². The minimum Gasteiger partial charge on any atom is -0.322 e. The average molecular weight is 354 g/mol. The summed E-state index contributed by atoms with van der Waals surface area (Å²) in [5, 5.41) is 13.0. The Kier molecular flexibility index (Phi) is 5.16. The first-order valence-electron chi connectivity index (χ1n) is 6.77. The quantitative estimate of drug-likeness (QED) is 0.383. The Morgan fingerprint density at radius 1 is 1.16 bits per heavy atom. The summed E-state index contributed by atoms with van der Waals surface area (Å²) < 4.78 is 51.1. The molecule has 0 aliphatic carbocycles. The van der Waals surface area contributed by atoms with Gasteiger partial charge in [0.05, 0.1) is 16.1 Å². The minimum absolute atomic E-state index is 0.151. The third kappa shape index (κ3) is 4.63. The highest BCUT2D eigenvalue weighted by Crippen LogP contribution is 2.33. The highest BCUT2D eigenvalue weighted by molar-refractivity contribution is 6.02. The van der Waals surface area contributed by atoms with Crippen molar-refractivity contribution in [1.82, 2.24) is 0 Å². The van der Waals surface area contributed by atoms with E-state index in [1.165, 1.54) is 24.3 Å². The van der Waals surface area contributed by atoms with Gasteiger partial charge in [-0.2, -0.15) is 13.2 Å². The van der Waals surface area contributed by atoms with E-state index in [0.29, 0.717) is 12.1 Å². The number of nitro benzene ring substituents is 1. The summed E-state index contributed by atoms with van der Waals surface area (Å²) in [5.74, 6) is -2.28. The Morgan fingerprint density at radius 2 is 1.84 bits per heavy atom. The first-order chi connectivity index (χ1) is 11.7. The van der Waals surface area contributed by atoms with Crippen molar-refractivity contribution in [2.45, 2.75) is 6.18 Å². The Balaban J connectivity index is 2.17. The molecule has 0 saturated carbocycles. The van der Waals surface area contributed by atoms with Crippen molar-refractivity contribution < 1.29 is 27.3 Å². The molecule has 0 aliphatic rings. The summed E-state index contributed by atoms with van der Waals surface area (Å²) in [6.07, 6.45) is -2.81. The lowest BCUT2D eigenvalue weighted by atomic mass is 10.1.